The minimum Gasteiger partial charge on any atom is -0.426 e. The van der Waals surface area contributed by atoms with Crippen molar-refractivity contribution in [2.45, 2.75) is 32.9 Å². The van der Waals surface area contributed by atoms with Gasteiger partial charge in [-0.3, -0.25) is 4.79 Å². The van der Waals surface area contributed by atoms with E-state index >= 15 is 0 Å². The molecule has 1 aliphatic rings. The highest BCUT2D eigenvalue weighted by Gasteiger charge is 2.38. The third kappa shape index (κ3) is 4.07. The lowest BCUT2D eigenvalue weighted by Crippen LogP contribution is -2.38. The van der Waals surface area contributed by atoms with Crippen molar-refractivity contribution in [3.63, 3.8) is 0 Å². The predicted octanol–water partition coefficient (Wildman–Crippen LogP) is 3.58. The molecule has 0 unspecified atom stereocenters. The number of rotatable bonds is 3. The van der Waals surface area contributed by atoms with Crippen LogP contribution in [0.5, 0.6) is 5.75 Å². The summed E-state index contributed by atoms with van der Waals surface area (Å²) in [5.74, 6) is -0.813. The van der Waals surface area contributed by atoms with Crippen LogP contribution in [0.25, 0.3) is 5.65 Å². The second-order valence-electron chi connectivity index (χ2n) is 7.49. The first-order valence-corrected chi connectivity index (χ1v) is 9.55. The van der Waals surface area contributed by atoms with Gasteiger partial charge in [0.1, 0.15) is 11.6 Å². The number of benzene rings is 1. The number of hydrogen-bond donors (Lipinski definition) is 0. The van der Waals surface area contributed by atoms with Gasteiger partial charge in [-0.25, -0.2) is 0 Å². The molecule has 0 aliphatic carbocycles. The SMILES string of the molecule is Cc1cc(C)cc(OC(=O)C2CCN(c3ccc4nnc(C(F)(F)F)n4n3)CC2)c1. The minimum absolute atomic E-state index is 0.0259. The summed E-state index contributed by atoms with van der Waals surface area (Å²) in [5.41, 5.74) is 2.06. The summed E-state index contributed by atoms with van der Waals surface area (Å²) in [4.78, 5) is 14.4. The molecule has 158 valence electrons. The van der Waals surface area contributed by atoms with Crippen LogP contribution in [0.4, 0.5) is 19.0 Å². The van der Waals surface area contributed by atoms with E-state index < -0.39 is 12.0 Å². The molecule has 3 aromatic rings. The molecule has 0 saturated carbocycles. The van der Waals surface area contributed by atoms with Gasteiger partial charge in [-0.05, 0) is 62.1 Å². The molecule has 3 heterocycles. The molecule has 30 heavy (non-hydrogen) atoms. The van der Waals surface area contributed by atoms with Gasteiger partial charge < -0.3 is 9.64 Å². The maximum absolute atomic E-state index is 13.1. The molecular weight excluding hydrogens is 399 g/mol. The van der Waals surface area contributed by atoms with E-state index in [9.17, 15) is 18.0 Å². The normalized spacial score (nSPS) is 15.6. The largest absolute Gasteiger partial charge is 0.453 e. The number of hydrogen-bond acceptors (Lipinski definition) is 6. The summed E-state index contributed by atoms with van der Waals surface area (Å²) in [6, 6.07) is 8.69. The Balaban J connectivity index is 1.43. The summed E-state index contributed by atoms with van der Waals surface area (Å²) in [5, 5.41) is 10.8. The Morgan fingerprint density at radius 1 is 1.07 bits per heavy atom. The summed E-state index contributed by atoms with van der Waals surface area (Å²) < 4.78 is 45.4. The number of fused-ring (bicyclic) bond motifs is 1. The second-order valence-corrected chi connectivity index (χ2v) is 7.49. The third-order valence-electron chi connectivity index (χ3n) is 5.07. The highest BCUT2D eigenvalue weighted by atomic mass is 19.4. The average Bonchev–Trinajstić information content (AvgIpc) is 3.11. The van der Waals surface area contributed by atoms with Gasteiger partial charge in [0.25, 0.3) is 5.82 Å². The molecule has 0 amide bonds. The van der Waals surface area contributed by atoms with E-state index in [2.05, 4.69) is 15.3 Å². The van der Waals surface area contributed by atoms with E-state index in [1.165, 1.54) is 6.07 Å². The first-order chi connectivity index (χ1) is 14.2. The Kier molecular flexibility index (Phi) is 5.08. The molecule has 2 aromatic heterocycles. The lowest BCUT2D eigenvalue weighted by Gasteiger charge is -2.31. The molecule has 0 radical (unpaired) electrons. The number of esters is 1. The number of piperidine rings is 1. The zero-order valence-electron chi connectivity index (χ0n) is 16.5. The number of carbonyl (C=O) groups excluding carboxylic acids is 1. The van der Waals surface area contributed by atoms with Crippen LogP contribution >= 0.6 is 0 Å². The number of ether oxygens (including phenoxy) is 1. The molecule has 0 N–H and O–H groups in total. The van der Waals surface area contributed by atoms with E-state index in [1.54, 1.807) is 6.07 Å². The van der Waals surface area contributed by atoms with Gasteiger partial charge in [0.15, 0.2) is 5.65 Å². The van der Waals surface area contributed by atoms with Crippen molar-refractivity contribution in [3.05, 3.63) is 47.3 Å². The molecule has 0 bridgehead atoms. The fraction of sp³-hybridized carbons (Fsp3) is 0.400. The quantitative estimate of drug-likeness (QED) is 0.477. The van der Waals surface area contributed by atoms with Crippen LogP contribution in [-0.4, -0.2) is 38.9 Å². The molecule has 1 aliphatic heterocycles. The Bertz CT molecular complexity index is 1070. The third-order valence-corrected chi connectivity index (χ3v) is 5.07. The highest BCUT2D eigenvalue weighted by molar-refractivity contribution is 5.75. The summed E-state index contributed by atoms with van der Waals surface area (Å²) in [6.45, 7) is 4.84. The van der Waals surface area contributed by atoms with Gasteiger partial charge in [-0.1, -0.05) is 6.07 Å². The van der Waals surface area contributed by atoms with E-state index in [4.69, 9.17) is 4.74 Å². The second kappa shape index (κ2) is 7.58. The maximum atomic E-state index is 13.1. The number of alkyl halides is 3. The number of nitrogens with zero attached hydrogens (tertiary/aromatic N) is 5. The number of anilines is 1. The molecule has 0 atom stereocenters. The van der Waals surface area contributed by atoms with E-state index in [-0.39, 0.29) is 17.5 Å². The predicted molar refractivity (Wildman–Crippen MR) is 102 cm³/mol. The van der Waals surface area contributed by atoms with Crippen molar-refractivity contribution in [1.82, 2.24) is 19.8 Å². The van der Waals surface area contributed by atoms with Crippen LogP contribution in [0.2, 0.25) is 0 Å². The molecule has 1 aromatic carbocycles. The molecule has 4 rings (SSSR count). The van der Waals surface area contributed by atoms with Gasteiger partial charge in [-0.2, -0.15) is 17.7 Å². The zero-order chi connectivity index (χ0) is 21.5. The Hall–Kier alpha value is -3.17. The van der Waals surface area contributed by atoms with Crippen molar-refractivity contribution in [1.29, 1.82) is 0 Å². The van der Waals surface area contributed by atoms with Crippen molar-refractivity contribution in [2.24, 2.45) is 5.92 Å². The maximum Gasteiger partial charge on any atom is 0.453 e. The minimum atomic E-state index is -4.64. The van der Waals surface area contributed by atoms with Crippen LogP contribution in [0.15, 0.2) is 30.3 Å². The lowest BCUT2D eigenvalue weighted by molar-refractivity contribution is -0.146. The fourth-order valence-corrected chi connectivity index (χ4v) is 3.66. The fourth-order valence-electron chi connectivity index (χ4n) is 3.66. The molecule has 10 heteroatoms. The average molecular weight is 419 g/mol. The summed E-state index contributed by atoms with van der Waals surface area (Å²) in [6.07, 6.45) is -3.59. The lowest BCUT2D eigenvalue weighted by atomic mass is 9.97. The Labute approximate surface area is 170 Å². The van der Waals surface area contributed by atoms with Gasteiger partial charge in [-0.15, -0.1) is 15.3 Å². The summed E-state index contributed by atoms with van der Waals surface area (Å²) in [7, 11) is 0. The van der Waals surface area contributed by atoms with Gasteiger partial charge in [0.05, 0.1) is 5.92 Å². The number of carbonyl (C=O) groups is 1. The van der Waals surface area contributed by atoms with Crippen molar-refractivity contribution in [3.8, 4) is 5.75 Å². The van der Waals surface area contributed by atoms with Crippen molar-refractivity contribution >= 4 is 17.4 Å². The van der Waals surface area contributed by atoms with Gasteiger partial charge in [0, 0.05) is 13.1 Å². The Morgan fingerprint density at radius 2 is 1.73 bits per heavy atom. The van der Waals surface area contributed by atoms with Crippen molar-refractivity contribution in [2.75, 3.05) is 18.0 Å². The van der Waals surface area contributed by atoms with Crippen LogP contribution < -0.4 is 9.64 Å². The van der Waals surface area contributed by atoms with Crippen LogP contribution in [0, 0.1) is 19.8 Å². The molecule has 1 saturated heterocycles. The first-order valence-electron chi connectivity index (χ1n) is 9.55. The molecular formula is C20H20F3N5O2. The molecule has 7 nitrogen and oxygen atoms in total. The monoisotopic (exact) mass is 419 g/mol. The molecule has 1 fully saturated rings. The van der Waals surface area contributed by atoms with E-state index in [1.807, 2.05) is 36.9 Å². The van der Waals surface area contributed by atoms with Crippen LogP contribution in [0.3, 0.4) is 0 Å². The summed E-state index contributed by atoms with van der Waals surface area (Å²) >= 11 is 0. The smallest absolute Gasteiger partial charge is 0.426 e. The van der Waals surface area contributed by atoms with Crippen LogP contribution in [-0.2, 0) is 11.0 Å². The number of aryl methyl sites for hydroxylation is 2. The molecule has 0 spiro atoms. The first kappa shape index (κ1) is 20.1. The zero-order valence-corrected chi connectivity index (χ0v) is 16.5. The Morgan fingerprint density at radius 3 is 2.37 bits per heavy atom. The standard InChI is InChI=1S/C20H20F3N5O2/c1-12-9-13(2)11-15(10-12)30-18(29)14-5-7-27(8-6-14)17-4-3-16-24-25-19(20(21,22)23)28(16)26-17/h3-4,9-11,14H,5-8H2,1-2H3. The van der Waals surface area contributed by atoms with Gasteiger partial charge >= 0.3 is 12.1 Å². The van der Waals surface area contributed by atoms with E-state index in [0.717, 1.165) is 11.1 Å². The van der Waals surface area contributed by atoms with Gasteiger partial charge in [0.2, 0.25) is 0 Å². The van der Waals surface area contributed by atoms with E-state index in [0.29, 0.717) is 42.0 Å². The topological polar surface area (TPSA) is 72.6 Å². The van der Waals surface area contributed by atoms with Crippen molar-refractivity contribution < 1.29 is 22.7 Å². The number of aromatic nitrogens is 4. The number of halogens is 3. The van der Waals surface area contributed by atoms with Crippen LogP contribution in [0.1, 0.15) is 29.8 Å². The highest BCUT2D eigenvalue weighted by Crippen LogP contribution is 2.29.